The number of allylic oxidation sites excluding steroid dienone is 2. The van der Waals surface area contributed by atoms with Crippen LogP contribution in [0.15, 0.2) is 54.6 Å². The zero-order valence-electron chi connectivity index (χ0n) is 23.8. The number of esters is 3. The molecule has 1 aromatic carbocycles. The number of fused-ring (bicyclic) bond motifs is 1. The minimum atomic E-state index is -2.11. The van der Waals surface area contributed by atoms with Crippen molar-refractivity contribution in [3.8, 4) is 0 Å². The number of Topliss-reactive ketones (excluding diaryl/α,β-unsaturated/α-hetero) is 2. The molecule has 9 heteroatoms. The molecule has 0 aromatic heterocycles. The summed E-state index contributed by atoms with van der Waals surface area (Å²) in [5.41, 5.74) is -2.89. The highest BCUT2D eigenvalue weighted by atomic mass is 16.6. The average Bonchev–Trinajstić information content (AvgIpc) is 3.13. The zero-order valence-corrected chi connectivity index (χ0v) is 23.8. The Morgan fingerprint density at radius 3 is 2.15 bits per heavy atom. The molecule has 0 unspecified atom stereocenters. The second-order valence-corrected chi connectivity index (χ2v) is 11.4. The van der Waals surface area contributed by atoms with Crippen LogP contribution in [0.2, 0.25) is 0 Å². The Kier molecular flexibility index (Phi) is 9.19. The molecule has 0 saturated heterocycles. The number of hydrogen-bond acceptors (Lipinski definition) is 9. The van der Waals surface area contributed by atoms with Gasteiger partial charge in [-0.3, -0.25) is 19.2 Å². The molecule has 40 heavy (non-hydrogen) atoms. The van der Waals surface area contributed by atoms with Crippen molar-refractivity contribution < 1.29 is 43.3 Å². The Balaban J connectivity index is 2.22. The van der Waals surface area contributed by atoms with Gasteiger partial charge in [-0.15, -0.1) is 0 Å². The molecule has 2 aliphatic rings. The summed E-state index contributed by atoms with van der Waals surface area (Å²) in [4.78, 5) is 64.8. The van der Waals surface area contributed by atoms with Crippen LogP contribution >= 0.6 is 0 Å². The molecule has 0 heterocycles. The second kappa shape index (κ2) is 11.9. The van der Waals surface area contributed by atoms with Gasteiger partial charge in [-0.2, -0.15) is 0 Å². The number of benzene rings is 1. The Morgan fingerprint density at radius 1 is 0.975 bits per heavy atom. The summed E-state index contributed by atoms with van der Waals surface area (Å²) in [5.74, 6) is -5.70. The van der Waals surface area contributed by atoms with Gasteiger partial charge in [-0.1, -0.05) is 50.8 Å². The largest absolute Gasteiger partial charge is 0.458 e. The molecule has 0 bridgehead atoms. The van der Waals surface area contributed by atoms with Gasteiger partial charge in [-0.25, -0.2) is 4.79 Å². The highest BCUT2D eigenvalue weighted by Gasteiger charge is 2.62. The maximum absolute atomic E-state index is 13.9. The fourth-order valence-corrected chi connectivity index (χ4v) is 5.59. The molecule has 0 radical (unpaired) electrons. The molecule has 0 spiro atoms. The van der Waals surface area contributed by atoms with Gasteiger partial charge >= 0.3 is 17.9 Å². The van der Waals surface area contributed by atoms with E-state index in [1.807, 2.05) is 0 Å². The van der Waals surface area contributed by atoms with E-state index >= 15 is 0 Å². The van der Waals surface area contributed by atoms with Gasteiger partial charge in [0.1, 0.15) is 29.7 Å². The molecular formula is C31H38O9. The van der Waals surface area contributed by atoms with Crippen molar-refractivity contribution in [1.82, 2.24) is 0 Å². The van der Waals surface area contributed by atoms with E-state index in [1.165, 1.54) is 6.92 Å². The number of rotatable bonds is 4. The molecule has 7 atom stereocenters. The van der Waals surface area contributed by atoms with Gasteiger partial charge in [0.25, 0.3) is 0 Å². The van der Waals surface area contributed by atoms with E-state index in [9.17, 15) is 29.1 Å². The first-order chi connectivity index (χ1) is 18.6. The minimum Gasteiger partial charge on any atom is -0.458 e. The predicted octanol–water partition coefficient (Wildman–Crippen LogP) is 3.78. The van der Waals surface area contributed by atoms with Crippen LogP contribution < -0.4 is 0 Å². The van der Waals surface area contributed by atoms with Crippen LogP contribution in [0.4, 0.5) is 0 Å². The summed E-state index contributed by atoms with van der Waals surface area (Å²) in [6.45, 7) is 13.0. The third kappa shape index (κ3) is 6.41. The summed E-state index contributed by atoms with van der Waals surface area (Å²) < 4.78 is 17.1. The van der Waals surface area contributed by atoms with Crippen molar-refractivity contribution in [1.29, 1.82) is 0 Å². The van der Waals surface area contributed by atoms with Gasteiger partial charge in [0.15, 0.2) is 5.78 Å². The van der Waals surface area contributed by atoms with Crippen molar-refractivity contribution in [2.24, 2.45) is 23.2 Å². The smallest absolute Gasteiger partial charge is 0.338 e. The van der Waals surface area contributed by atoms with Gasteiger partial charge < -0.3 is 19.3 Å². The summed E-state index contributed by atoms with van der Waals surface area (Å²) in [6.07, 6.45) is -0.980. The normalized spacial score (nSPS) is 33.1. The van der Waals surface area contributed by atoms with Crippen LogP contribution in [0.25, 0.3) is 0 Å². The third-order valence-corrected chi connectivity index (χ3v) is 7.79. The molecule has 216 valence electrons. The lowest BCUT2D eigenvalue weighted by molar-refractivity contribution is -0.166. The monoisotopic (exact) mass is 554 g/mol. The number of aliphatic hydroxyl groups is 1. The molecule has 3 rings (SSSR count). The maximum atomic E-state index is 13.9. The first-order valence-corrected chi connectivity index (χ1v) is 13.4. The van der Waals surface area contributed by atoms with Gasteiger partial charge in [0, 0.05) is 37.2 Å². The molecule has 0 amide bonds. The fourth-order valence-electron chi connectivity index (χ4n) is 5.59. The third-order valence-electron chi connectivity index (χ3n) is 7.79. The van der Waals surface area contributed by atoms with Crippen LogP contribution in [0.1, 0.15) is 64.7 Å². The average molecular weight is 555 g/mol. The number of ether oxygens (including phenoxy) is 3. The van der Waals surface area contributed by atoms with E-state index in [0.29, 0.717) is 0 Å². The number of carbonyl (C=O) groups excluding carboxylic acids is 5. The second-order valence-electron chi connectivity index (χ2n) is 11.4. The predicted molar refractivity (Wildman–Crippen MR) is 145 cm³/mol. The van der Waals surface area contributed by atoms with E-state index in [4.69, 9.17) is 14.2 Å². The molecule has 1 saturated carbocycles. The van der Waals surface area contributed by atoms with Crippen molar-refractivity contribution in [3.05, 3.63) is 60.2 Å². The highest BCUT2D eigenvalue weighted by molar-refractivity contribution is 5.93. The first-order valence-electron chi connectivity index (χ1n) is 13.4. The van der Waals surface area contributed by atoms with Crippen LogP contribution in [-0.2, 0) is 33.4 Å². The van der Waals surface area contributed by atoms with Crippen LogP contribution in [-0.4, -0.2) is 58.5 Å². The van der Waals surface area contributed by atoms with Crippen molar-refractivity contribution in [3.63, 3.8) is 0 Å². The lowest BCUT2D eigenvalue weighted by Gasteiger charge is -2.40. The lowest BCUT2D eigenvalue weighted by Crippen LogP contribution is -2.55. The van der Waals surface area contributed by atoms with Gasteiger partial charge in [-0.05, 0) is 38.3 Å². The quantitative estimate of drug-likeness (QED) is 0.335. The fraction of sp³-hybridized carbons (Fsp3) is 0.516. The molecule has 9 nitrogen and oxygen atoms in total. The van der Waals surface area contributed by atoms with Gasteiger partial charge in [0.05, 0.1) is 11.5 Å². The van der Waals surface area contributed by atoms with E-state index < -0.39 is 70.8 Å². The maximum Gasteiger partial charge on any atom is 0.338 e. The van der Waals surface area contributed by atoms with Crippen LogP contribution in [0.5, 0.6) is 0 Å². The number of carbonyl (C=O) groups is 5. The van der Waals surface area contributed by atoms with E-state index in [2.05, 4.69) is 6.58 Å². The van der Waals surface area contributed by atoms with Crippen LogP contribution in [0, 0.1) is 23.2 Å². The zero-order chi connectivity index (χ0) is 30.0. The highest BCUT2D eigenvalue weighted by Crippen LogP contribution is 2.48. The van der Waals surface area contributed by atoms with E-state index in [-0.39, 0.29) is 29.8 Å². The Morgan fingerprint density at radius 2 is 1.57 bits per heavy atom. The SMILES string of the molecule is C=C1[C@H](OC(C)=O)CC(=O)C(C)(C)/C=C/[C@H](C)C(=O)[C@@]2(O)C[C@H](C)[C@H](OC(=O)c3ccccc3)[C@@H]2[C@H]1OC(C)=O. The summed E-state index contributed by atoms with van der Waals surface area (Å²) in [7, 11) is 0. The van der Waals surface area contributed by atoms with Crippen LogP contribution in [0.3, 0.4) is 0 Å². The van der Waals surface area contributed by atoms with E-state index in [1.54, 1.807) is 70.2 Å². The topological polar surface area (TPSA) is 133 Å². The molecule has 1 fully saturated rings. The first kappa shape index (κ1) is 30.9. The molecule has 1 aromatic rings. The molecule has 1 N–H and O–H groups in total. The van der Waals surface area contributed by atoms with Gasteiger partial charge in [0.2, 0.25) is 0 Å². The van der Waals surface area contributed by atoms with Crippen molar-refractivity contribution >= 4 is 29.5 Å². The van der Waals surface area contributed by atoms with Crippen molar-refractivity contribution in [2.45, 2.75) is 78.3 Å². The minimum absolute atomic E-state index is 0.00200. The van der Waals surface area contributed by atoms with E-state index in [0.717, 1.165) is 6.92 Å². The lowest BCUT2D eigenvalue weighted by atomic mass is 9.73. The Bertz CT molecular complexity index is 1210. The summed E-state index contributed by atoms with van der Waals surface area (Å²) >= 11 is 0. The summed E-state index contributed by atoms with van der Waals surface area (Å²) in [6, 6.07) is 8.22. The molecule has 0 aliphatic heterocycles. The summed E-state index contributed by atoms with van der Waals surface area (Å²) in [5, 5.41) is 12.1. The molecular weight excluding hydrogens is 516 g/mol. The molecule has 2 aliphatic carbocycles. The number of ketones is 2. The number of hydrogen-bond donors (Lipinski definition) is 1. The Labute approximate surface area is 234 Å². The van der Waals surface area contributed by atoms with Crippen molar-refractivity contribution in [2.75, 3.05) is 0 Å². The standard InChI is InChI=1S/C31H38O9/c1-17-13-14-30(6,7)24(34)15-23(38-20(4)32)19(3)27(39-21(5)33)25-26(18(2)16-31(25,37)28(17)35)40-29(36)22-11-9-8-10-12-22/h8-14,17-18,23,25-27,37H,3,15-16H2,1-2,4-7H3/b14-13+/t17-,18-,23+,25+,26-,27-,31+/m0/s1. The Hall–Kier alpha value is -3.59.